The Morgan fingerprint density at radius 3 is 2.35 bits per heavy atom. The lowest BCUT2D eigenvalue weighted by Gasteiger charge is -2.11. The molecule has 0 aliphatic rings. The van der Waals surface area contributed by atoms with E-state index in [0.717, 1.165) is 23.8 Å². The van der Waals surface area contributed by atoms with Crippen molar-refractivity contribution in [2.24, 2.45) is 0 Å². The topological polar surface area (TPSA) is 133 Å². The van der Waals surface area contributed by atoms with Crippen LogP contribution in [0.1, 0.15) is 36.6 Å². The van der Waals surface area contributed by atoms with Crippen LogP contribution < -0.4 is 10.6 Å². The summed E-state index contributed by atoms with van der Waals surface area (Å²) in [6, 6.07) is 15.2. The molecule has 0 atom stereocenters. The number of aryl methyl sites for hydroxylation is 1. The Labute approximate surface area is 203 Å². The van der Waals surface area contributed by atoms with Gasteiger partial charge in [0.15, 0.2) is 0 Å². The number of carboxylic acids is 2. The van der Waals surface area contributed by atoms with Gasteiger partial charge in [-0.1, -0.05) is 23.7 Å². The third kappa shape index (κ3) is 6.37. The molecule has 0 unspecified atom stereocenters. The predicted octanol–water partition coefficient (Wildman–Crippen LogP) is 5.03. The summed E-state index contributed by atoms with van der Waals surface area (Å²) >= 11 is 7.23. The first kappa shape index (κ1) is 24.8. The summed E-state index contributed by atoms with van der Waals surface area (Å²) in [7, 11) is 0. The molecule has 0 saturated carbocycles. The normalized spacial score (nSPS) is 10.4. The summed E-state index contributed by atoms with van der Waals surface area (Å²) < 4.78 is 0. The maximum atomic E-state index is 12.7. The highest BCUT2D eigenvalue weighted by atomic mass is 35.5. The van der Waals surface area contributed by atoms with Gasteiger partial charge in [-0.3, -0.25) is 9.59 Å². The van der Waals surface area contributed by atoms with Gasteiger partial charge in [0, 0.05) is 21.3 Å². The number of hydrogen-bond acceptors (Lipinski definition) is 5. The molecule has 3 aromatic rings. The van der Waals surface area contributed by atoms with E-state index in [0.29, 0.717) is 21.3 Å². The minimum atomic E-state index is -1.42. The number of aromatic carboxylic acids is 2. The number of carbonyl (C=O) groups is 4. The van der Waals surface area contributed by atoms with E-state index in [4.69, 9.17) is 16.7 Å². The summed E-state index contributed by atoms with van der Waals surface area (Å²) in [5.41, 5.74) is 1.06. The highest BCUT2D eigenvalue weighted by Crippen LogP contribution is 2.24. The SMILES string of the molecule is Cc1ccc(Cl)cc1NC(=O)CSc1cccc(NC(=O)c2ccc(C(=O)O)cc2C(=O)O)c1. The number of nitrogens with one attached hydrogen (secondary N) is 2. The van der Waals surface area contributed by atoms with E-state index in [9.17, 15) is 24.3 Å². The maximum Gasteiger partial charge on any atom is 0.336 e. The van der Waals surface area contributed by atoms with Crippen LogP contribution in [0.3, 0.4) is 0 Å². The van der Waals surface area contributed by atoms with Crippen LogP contribution in [0.4, 0.5) is 11.4 Å². The molecule has 2 amide bonds. The van der Waals surface area contributed by atoms with Crippen molar-refractivity contribution in [1.29, 1.82) is 0 Å². The van der Waals surface area contributed by atoms with Crippen molar-refractivity contribution in [3.05, 3.63) is 87.9 Å². The zero-order valence-electron chi connectivity index (χ0n) is 17.8. The fraction of sp³-hybridized carbons (Fsp3) is 0.0833. The molecule has 174 valence electrons. The van der Waals surface area contributed by atoms with Crippen LogP contribution >= 0.6 is 23.4 Å². The van der Waals surface area contributed by atoms with Crippen molar-refractivity contribution >= 4 is 58.5 Å². The fourth-order valence-electron chi connectivity index (χ4n) is 2.98. The number of hydrogen-bond donors (Lipinski definition) is 4. The Hall–Kier alpha value is -3.82. The molecule has 0 spiro atoms. The Balaban J connectivity index is 1.67. The maximum absolute atomic E-state index is 12.7. The lowest BCUT2D eigenvalue weighted by Crippen LogP contribution is -2.17. The van der Waals surface area contributed by atoms with E-state index in [2.05, 4.69) is 10.6 Å². The smallest absolute Gasteiger partial charge is 0.336 e. The molecule has 34 heavy (non-hydrogen) atoms. The second kappa shape index (κ2) is 10.9. The number of rotatable bonds is 8. The molecule has 10 heteroatoms. The zero-order valence-corrected chi connectivity index (χ0v) is 19.4. The number of carbonyl (C=O) groups excluding carboxylic acids is 2. The first-order valence-corrected chi connectivity index (χ1v) is 11.2. The number of anilines is 2. The van der Waals surface area contributed by atoms with Crippen LogP contribution in [0.15, 0.2) is 65.6 Å². The monoisotopic (exact) mass is 498 g/mol. The quantitative estimate of drug-likeness (QED) is 0.320. The molecule has 0 heterocycles. The Morgan fingerprint density at radius 2 is 1.65 bits per heavy atom. The van der Waals surface area contributed by atoms with E-state index >= 15 is 0 Å². The second-order valence-corrected chi connectivity index (χ2v) is 8.63. The van der Waals surface area contributed by atoms with Gasteiger partial charge in [0.25, 0.3) is 5.91 Å². The number of benzene rings is 3. The number of thioether (sulfide) groups is 1. The molecule has 3 aromatic carbocycles. The van der Waals surface area contributed by atoms with Gasteiger partial charge in [-0.25, -0.2) is 9.59 Å². The van der Waals surface area contributed by atoms with Crippen LogP contribution in [-0.2, 0) is 4.79 Å². The van der Waals surface area contributed by atoms with Crippen molar-refractivity contribution in [3.63, 3.8) is 0 Å². The van der Waals surface area contributed by atoms with Crippen LogP contribution in [-0.4, -0.2) is 39.7 Å². The van der Waals surface area contributed by atoms with Crippen molar-refractivity contribution < 1.29 is 29.4 Å². The van der Waals surface area contributed by atoms with Crippen molar-refractivity contribution in [3.8, 4) is 0 Å². The van der Waals surface area contributed by atoms with Crippen LogP contribution in [0.5, 0.6) is 0 Å². The summed E-state index contributed by atoms with van der Waals surface area (Å²) in [4.78, 5) is 48.3. The van der Waals surface area contributed by atoms with Crippen LogP contribution in [0, 0.1) is 6.92 Å². The first-order chi connectivity index (χ1) is 16.1. The summed E-state index contributed by atoms with van der Waals surface area (Å²) in [5, 5.41) is 24.4. The van der Waals surface area contributed by atoms with E-state index in [-0.39, 0.29) is 22.8 Å². The average Bonchev–Trinajstić information content (AvgIpc) is 2.80. The molecule has 0 aliphatic heterocycles. The number of halogens is 1. The van der Waals surface area contributed by atoms with Crippen LogP contribution in [0.2, 0.25) is 5.02 Å². The van der Waals surface area contributed by atoms with E-state index < -0.39 is 23.4 Å². The minimum absolute atomic E-state index is 0.114. The predicted molar refractivity (Wildman–Crippen MR) is 130 cm³/mol. The Bertz CT molecular complexity index is 1290. The van der Waals surface area contributed by atoms with Crippen molar-refractivity contribution in [2.45, 2.75) is 11.8 Å². The average molecular weight is 499 g/mol. The number of carboxylic acid groups (broad SMARTS) is 2. The molecule has 3 rings (SSSR count). The third-order valence-electron chi connectivity index (χ3n) is 4.68. The molecule has 0 bridgehead atoms. The Morgan fingerprint density at radius 1 is 0.882 bits per heavy atom. The molecule has 0 saturated heterocycles. The molecule has 0 radical (unpaired) electrons. The third-order valence-corrected chi connectivity index (χ3v) is 5.91. The summed E-state index contributed by atoms with van der Waals surface area (Å²) in [5.74, 6) is -3.53. The Kier molecular flexibility index (Phi) is 7.93. The molecule has 4 N–H and O–H groups in total. The van der Waals surface area contributed by atoms with Gasteiger partial charge in [0.2, 0.25) is 5.91 Å². The fourth-order valence-corrected chi connectivity index (χ4v) is 3.91. The van der Waals surface area contributed by atoms with Gasteiger partial charge < -0.3 is 20.8 Å². The van der Waals surface area contributed by atoms with Gasteiger partial charge in [0.05, 0.1) is 22.4 Å². The standard InChI is InChI=1S/C24H19ClN2O6S/c1-13-5-7-15(25)10-20(13)27-21(28)12-34-17-4-2-3-16(11-17)26-22(29)18-8-6-14(23(30)31)9-19(18)24(32)33/h2-11H,12H2,1H3,(H,26,29)(H,27,28)(H,30,31)(H,32,33). The molecular weight excluding hydrogens is 480 g/mol. The van der Waals surface area contributed by atoms with E-state index in [1.165, 1.54) is 11.8 Å². The van der Waals surface area contributed by atoms with Crippen LogP contribution in [0.25, 0.3) is 0 Å². The lowest BCUT2D eigenvalue weighted by molar-refractivity contribution is -0.113. The molecule has 8 nitrogen and oxygen atoms in total. The lowest BCUT2D eigenvalue weighted by atomic mass is 10.0. The van der Waals surface area contributed by atoms with E-state index in [1.807, 2.05) is 13.0 Å². The highest BCUT2D eigenvalue weighted by Gasteiger charge is 2.19. The largest absolute Gasteiger partial charge is 0.478 e. The molecule has 0 aliphatic carbocycles. The van der Waals surface area contributed by atoms with Gasteiger partial charge in [0.1, 0.15) is 0 Å². The minimum Gasteiger partial charge on any atom is -0.478 e. The van der Waals surface area contributed by atoms with Gasteiger partial charge in [-0.05, 0) is 61.0 Å². The summed E-state index contributed by atoms with van der Waals surface area (Å²) in [6.07, 6.45) is 0. The van der Waals surface area contributed by atoms with Crippen molar-refractivity contribution in [2.75, 3.05) is 16.4 Å². The van der Waals surface area contributed by atoms with Crippen molar-refractivity contribution in [1.82, 2.24) is 0 Å². The van der Waals surface area contributed by atoms with Gasteiger partial charge in [-0.2, -0.15) is 0 Å². The van der Waals surface area contributed by atoms with Gasteiger partial charge in [-0.15, -0.1) is 11.8 Å². The van der Waals surface area contributed by atoms with Gasteiger partial charge >= 0.3 is 11.9 Å². The first-order valence-electron chi connectivity index (χ1n) is 9.85. The summed E-state index contributed by atoms with van der Waals surface area (Å²) in [6.45, 7) is 1.86. The molecule has 0 fully saturated rings. The molecule has 0 aromatic heterocycles. The number of amides is 2. The van der Waals surface area contributed by atoms with E-state index in [1.54, 1.807) is 36.4 Å². The molecular formula is C24H19ClN2O6S. The second-order valence-electron chi connectivity index (χ2n) is 7.15. The highest BCUT2D eigenvalue weighted by molar-refractivity contribution is 8.00. The zero-order chi connectivity index (χ0) is 24.8.